The molecule has 164 valence electrons. The Morgan fingerprint density at radius 3 is 2.27 bits per heavy atom. The SMILES string of the molecule is N#C/C(=C\c1cc(Cl)c(OCc2ccccc2C#N)c(Cl)c1)C(=O)Nc1ccc(Cl)c(Cl)c1. The van der Waals surface area contributed by atoms with Crippen molar-refractivity contribution in [1.29, 1.82) is 10.5 Å². The molecule has 3 aromatic rings. The molecule has 0 saturated carbocycles. The first-order chi connectivity index (χ1) is 15.8. The summed E-state index contributed by atoms with van der Waals surface area (Å²) in [5.41, 5.74) is 1.80. The van der Waals surface area contributed by atoms with Crippen LogP contribution >= 0.6 is 46.4 Å². The lowest BCUT2D eigenvalue weighted by Crippen LogP contribution is -2.13. The van der Waals surface area contributed by atoms with Crippen LogP contribution in [0.4, 0.5) is 5.69 Å². The maximum Gasteiger partial charge on any atom is 0.266 e. The first-order valence-corrected chi connectivity index (χ1v) is 10.8. The summed E-state index contributed by atoms with van der Waals surface area (Å²) >= 11 is 24.5. The van der Waals surface area contributed by atoms with Gasteiger partial charge in [-0.1, -0.05) is 64.6 Å². The van der Waals surface area contributed by atoms with Gasteiger partial charge in [-0.25, -0.2) is 0 Å². The molecule has 1 N–H and O–H groups in total. The topological polar surface area (TPSA) is 85.9 Å². The van der Waals surface area contributed by atoms with Crippen molar-refractivity contribution in [1.82, 2.24) is 0 Å². The van der Waals surface area contributed by atoms with Crippen molar-refractivity contribution in [3.05, 3.63) is 97.0 Å². The molecule has 0 heterocycles. The minimum atomic E-state index is -0.642. The van der Waals surface area contributed by atoms with Crippen LogP contribution < -0.4 is 10.1 Å². The lowest BCUT2D eigenvalue weighted by Gasteiger charge is -2.12. The van der Waals surface area contributed by atoms with E-state index in [1.807, 2.05) is 6.07 Å². The predicted octanol–water partition coefficient (Wildman–Crippen LogP) is 7.30. The minimum Gasteiger partial charge on any atom is -0.486 e. The van der Waals surface area contributed by atoms with Crippen molar-refractivity contribution in [3.63, 3.8) is 0 Å². The van der Waals surface area contributed by atoms with Crippen molar-refractivity contribution in [2.45, 2.75) is 6.61 Å². The Bertz CT molecular complexity index is 1320. The second kappa shape index (κ2) is 11.1. The number of nitriles is 2. The van der Waals surface area contributed by atoms with E-state index < -0.39 is 5.91 Å². The zero-order valence-electron chi connectivity index (χ0n) is 16.7. The average molecular weight is 517 g/mol. The van der Waals surface area contributed by atoms with Gasteiger partial charge in [-0.05, 0) is 48.0 Å². The van der Waals surface area contributed by atoms with Crippen LogP contribution in [0.1, 0.15) is 16.7 Å². The maximum atomic E-state index is 12.5. The van der Waals surface area contributed by atoms with Gasteiger partial charge in [0.2, 0.25) is 0 Å². The first kappa shape index (κ1) is 24.5. The van der Waals surface area contributed by atoms with Crippen molar-refractivity contribution < 1.29 is 9.53 Å². The molecule has 0 atom stereocenters. The van der Waals surface area contributed by atoms with E-state index in [0.29, 0.717) is 27.4 Å². The van der Waals surface area contributed by atoms with Crippen LogP contribution in [-0.2, 0) is 11.4 Å². The summed E-state index contributed by atoms with van der Waals surface area (Å²) in [5, 5.41) is 22.2. The Morgan fingerprint density at radius 1 is 0.939 bits per heavy atom. The van der Waals surface area contributed by atoms with E-state index in [-0.39, 0.29) is 33.0 Å². The summed E-state index contributed by atoms with van der Waals surface area (Å²) < 4.78 is 5.73. The Balaban J connectivity index is 1.79. The summed E-state index contributed by atoms with van der Waals surface area (Å²) in [6, 6.07) is 18.5. The molecule has 3 rings (SSSR count). The van der Waals surface area contributed by atoms with E-state index in [4.69, 9.17) is 51.1 Å². The number of hydrogen-bond donors (Lipinski definition) is 1. The van der Waals surface area contributed by atoms with Gasteiger partial charge in [0.05, 0.1) is 31.7 Å². The zero-order valence-corrected chi connectivity index (χ0v) is 19.7. The van der Waals surface area contributed by atoms with Crippen LogP contribution in [0.3, 0.4) is 0 Å². The van der Waals surface area contributed by atoms with Crippen molar-refractivity contribution >= 4 is 64.1 Å². The number of ether oxygens (including phenoxy) is 1. The van der Waals surface area contributed by atoms with Crippen LogP contribution in [0.25, 0.3) is 6.08 Å². The fraction of sp³-hybridized carbons (Fsp3) is 0.0417. The molecular weight excluding hydrogens is 504 g/mol. The monoisotopic (exact) mass is 515 g/mol. The molecule has 1 amide bonds. The molecular formula is C24H13Cl4N3O2. The predicted molar refractivity (Wildman–Crippen MR) is 131 cm³/mol. The molecule has 3 aromatic carbocycles. The molecule has 0 aliphatic rings. The highest BCUT2D eigenvalue weighted by Gasteiger charge is 2.14. The first-order valence-electron chi connectivity index (χ1n) is 9.30. The quantitative estimate of drug-likeness (QED) is 0.275. The molecule has 0 aliphatic heterocycles. The number of nitrogens with one attached hydrogen (secondary N) is 1. The number of benzene rings is 3. The van der Waals surface area contributed by atoms with Gasteiger partial charge in [0, 0.05) is 11.3 Å². The number of hydrogen-bond acceptors (Lipinski definition) is 4. The molecule has 0 radical (unpaired) electrons. The summed E-state index contributed by atoms with van der Waals surface area (Å²) in [5.74, 6) is -0.418. The summed E-state index contributed by atoms with van der Waals surface area (Å²) in [4.78, 5) is 12.5. The third kappa shape index (κ3) is 6.20. The number of halogens is 4. The molecule has 0 bridgehead atoms. The second-order valence-electron chi connectivity index (χ2n) is 6.62. The van der Waals surface area contributed by atoms with Crippen LogP contribution in [0, 0.1) is 22.7 Å². The van der Waals surface area contributed by atoms with Crippen LogP contribution in [0.5, 0.6) is 5.75 Å². The average Bonchev–Trinajstić information content (AvgIpc) is 2.79. The van der Waals surface area contributed by atoms with Crippen LogP contribution in [0.2, 0.25) is 20.1 Å². The summed E-state index contributed by atoms with van der Waals surface area (Å²) in [6.07, 6.45) is 1.35. The fourth-order valence-electron chi connectivity index (χ4n) is 2.79. The minimum absolute atomic E-state index is 0.0911. The molecule has 0 spiro atoms. The van der Waals surface area contributed by atoms with Gasteiger partial charge < -0.3 is 10.1 Å². The van der Waals surface area contributed by atoms with Crippen molar-refractivity contribution in [3.8, 4) is 17.9 Å². The number of anilines is 1. The molecule has 5 nitrogen and oxygen atoms in total. The van der Waals surface area contributed by atoms with Gasteiger partial charge in [0.25, 0.3) is 5.91 Å². The van der Waals surface area contributed by atoms with Gasteiger partial charge in [-0.3, -0.25) is 4.79 Å². The lowest BCUT2D eigenvalue weighted by molar-refractivity contribution is -0.112. The highest BCUT2D eigenvalue weighted by Crippen LogP contribution is 2.35. The van der Waals surface area contributed by atoms with E-state index in [1.165, 1.54) is 30.3 Å². The van der Waals surface area contributed by atoms with E-state index >= 15 is 0 Å². The Kier molecular flexibility index (Phi) is 8.22. The number of amides is 1. The van der Waals surface area contributed by atoms with Gasteiger partial charge in [0.1, 0.15) is 18.2 Å². The van der Waals surface area contributed by atoms with Crippen molar-refractivity contribution in [2.75, 3.05) is 5.32 Å². The van der Waals surface area contributed by atoms with E-state index in [1.54, 1.807) is 30.3 Å². The van der Waals surface area contributed by atoms with Gasteiger partial charge >= 0.3 is 0 Å². The third-order valence-corrected chi connectivity index (χ3v) is 5.68. The van der Waals surface area contributed by atoms with E-state index in [2.05, 4.69) is 11.4 Å². The fourth-order valence-corrected chi connectivity index (χ4v) is 3.70. The van der Waals surface area contributed by atoms with Crippen LogP contribution in [-0.4, -0.2) is 5.91 Å². The number of rotatable bonds is 6. The molecule has 0 aliphatic carbocycles. The van der Waals surface area contributed by atoms with Gasteiger partial charge in [0.15, 0.2) is 5.75 Å². The molecule has 0 fully saturated rings. The standard InChI is InChI=1S/C24H13Cl4N3O2/c25-19-6-5-18(10-20(19)26)31-24(32)17(12-30)7-14-8-21(27)23(22(28)9-14)33-13-16-4-2-1-3-15(16)11-29/h1-10H,13H2,(H,31,32)/b17-7+. The third-order valence-electron chi connectivity index (χ3n) is 4.38. The normalized spacial score (nSPS) is 10.8. The molecule has 0 unspecified atom stereocenters. The molecule has 9 heteroatoms. The summed E-state index contributed by atoms with van der Waals surface area (Å²) in [6.45, 7) is 0.0911. The van der Waals surface area contributed by atoms with E-state index in [0.717, 1.165) is 0 Å². The number of carbonyl (C=O) groups excluding carboxylic acids is 1. The van der Waals surface area contributed by atoms with Crippen molar-refractivity contribution in [2.24, 2.45) is 0 Å². The van der Waals surface area contributed by atoms with Gasteiger partial charge in [-0.2, -0.15) is 10.5 Å². The highest BCUT2D eigenvalue weighted by molar-refractivity contribution is 6.42. The summed E-state index contributed by atoms with van der Waals surface area (Å²) in [7, 11) is 0. The lowest BCUT2D eigenvalue weighted by atomic mass is 10.1. The smallest absolute Gasteiger partial charge is 0.266 e. The number of nitrogens with zero attached hydrogens (tertiary/aromatic N) is 2. The van der Waals surface area contributed by atoms with Crippen LogP contribution in [0.15, 0.2) is 60.2 Å². The molecule has 0 aromatic heterocycles. The largest absolute Gasteiger partial charge is 0.486 e. The number of carbonyl (C=O) groups is 1. The van der Waals surface area contributed by atoms with E-state index in [9.17, 15) is 15.3 Å². The highest BCUT2D eigenvalue weighted by atomic mass is 35.5. The second-order valence-corrected chi connectivity index (χ2v) is 8.25. The molecule has 33 heavy (non-hydrogen) atoms. The molecule has 0 saturated heterocycles. The Morgan fingerprint density at radius 2 is 1.64 bits per heavy atom. The van der Waals surface area contributed by atoms with Gasteiger partial charge in [-0.15, -0.1) is 0 Å². The Labute approximate surface area is 210 Å². The Hall–Kier alpha value is -3.19. The zero-order chi connectivity index (χ0) is 24.0. The maximum absolute atomic E-state index is 12.5.